The smallest absolute Gasteiger partial charge is 0.126 e. The first-order valence-electron chi connectivity index (χ1n) is 5.66. The van der Waals surface area contributed by atoms with Gasteiger partial charge in [0.05, 0.1) is 22.8 Å². The molecule has 0 aliphatic rings. The summed E-state index contributed by atoms with van der Waals surface area (Å²) in [7, 11) is 1.55. The Morgan fingerprint density at radius 3 is 2.63 bits per heavy atom. The van der Waals surface area contributed by atoms with Gasteiger partial charge in [0.1, 0.15) is 11.9 Å². The van der Waals surface area contributed by atoms with E-state index in [4.69, 9.17) is 27.9 Å². The molecule has 0 fully saturated rings. The number of pyridine rings is 1. The van der Waals surface area contributed by atoms with Crippen LogP contribution in [0.3, 0.4) is 0 Å². The molecule has 1 N–H and O–H groups in total. The highest BCUT2D eigenvalue weighted by molar-refractivity contribution is 6.34. The number of ether oxygens (including phenoxy) is 1. The molecule has 100 valence electrons. The summed E-state index contributed by atoms with van der Waals surface area (Å²) in [5, 5.41) is 11.2. The number of benzene rings is 1. The van der Waals surface area contributed by atoms with Gasteiger partial charge in [0.15, 0.2) is 0 Å². The zero-order chi connectivity index (χ0) is 14.0. The first-order chi connectivity index (χ1) is 9.02. The topological polar surface area (TPSA) is 42.4 Å². The first kappa shape index (κ1) is 14.1. The maximum Gasteiger partial charge on any atom is 0.126 e. The SMILES string of the molecule is COc1ccc(C)cc1C(O)c1ncc(Cl)cc1Cl. The second-order valence-corrected chi connectivity index (χ2v) is 5.01. The number of rotatable bonds is 3. The van der Waals surface area contributed by atoms with E-state index in [1.54, 1.807) is 19.2 Å². The summed E-state index contributed by atoms with van der Waals surface area (Å²) >= 11 is 11.9. The second-order valence-electron chi connectivity index (χ2n) is 4.17. The van der Waals surface area contributed by atoms with Crippen molar-refractivity contribution in [1.29, 1.82) is 0 Å². The summed E-state index contributed by atoms with van der Waals surface area (Å²) in [4.78, 5) is 4.09. The van der Waals surface area contributed by atoms with Crippen LogP contribution in [0.1, 0.15) is 22.9 Å². The average Bonchev–Trinajstić information content (AvgIpc) is 2.38. The molecule has 5 heteroatoms. The monoisotopic (exact) mass is 297 g/mol. The number of aryl methyl sites for hydroxylation is 1. The minimum absolute atomic E-state index is 0.323. The van der Waals surface area contributed by atoms with Crippen LogP contribution in [0.5, 0.6) is 5.75 Å². The van der Waals surface area contributed by atoms with Crippen molar-refractivity contribution in [1.82, 2.24) is 4.98 Å². The summed E-state index contributed by atoms with van der Waals surface area (Å²) in [5.41, 5.74) is 1.99. The highest BCUT2D eigenvalue weighted by atomic mass is 35.5. The Bertz CT molecular complexity index is 602. The zero-order valence-electron chi connectivity index (χ0n) is 10.5. The second kappa shape index (κ2) is 5.78. The molecule has 0 saturated heterocycles. The van der Waals surface area contributed by atoms with Gasteiger partial charge in [-0.1, -0.05) is 34.8 Å². The van der Waals surface area contributed by atoms with Crippen LogP contribution in [-0.2, 0) is 0 Å². The van der Waals surface area contributed by atoms with Crippen molar-refractivity contribution >= 4 is 23.2 Å². The number of aromatic nitrogens is 1. The van der Waals surface area contributed by atoms with Gasteiger partial charge in [-0.2, -0.15) is 0 Å². The van der Waals surface area contributed by atoms with E-state index < -0.39 is 6.10 Å². The highest BCUT2D eigenvalue weighted by Crippen LogP contribution is 2.33. The van der Waals surface area contributed by atoms with E-state index >= 15 is 0 Å². The lowest BCUT2D eigenvalue weighted by molar-refractivity contribution is 0.210. The third kappa shape index (κ3) is 3.00. The van der Waals surface area contributed by atoms with E-state index in [0.29, 0.717) is 27.1 Å². The van der Waals surface area contributed by atoms with Gasteiger partial charge in [0.25, 0.3) is 0 Å². The molecule has 0 spiro atoms. The molecule has 19 heavy (non-hydrogen) atoms. The van der Waals surface area contributed by atoms with Crippen LogP contribution in [0, 0.1) is 6.92 Å². The van der Waals surface area contributed by atoms with E-state index in [-0.39, 0.29) is 0 Å². The Morgan fingerprint density at radius 2 is 2.00 bits per heavy atom. The van der Waals surface area contributed by atoms with E-state index in [1.165, 1.54) is 6.20 Å². The van der Waals surface area contributed by atoms with E-state index in [1.807, 2.05) is 19.1 Å². The number of nitrogens with zero attached hydrogens (tertiary/aromatic N) is 1. The Balaban J connectivity index is 2.49. The number of methoxy groups -OCH3 is 1. The molecule has 3 nitrogen and oxygen atoms in total. The summed E-state index contributed by atoms with van der Waals surface area (Å²) < 4.78 is 5.25. The van der Waals surface area contributed by atoms with Gasteiger partial charge in [-0.05, 0) is 25.1 Å². The molecule has 0 radical (unpaired) electrons. The molecule has 2 aromatic rings. The van der Waals surface area contributed by atoms with Crippen LogP contribution in [0.2, 0.25) is 10.0 Å². The summed E-state index contributed by atoms with van der Waals surface area (Å²) in [6.07, 6.45) is 0.494. The van der Waals surface area contributed by atoms with E-state index in [0.717, 1.165) is 5.56 Å². The van der Waals surface area contributed by atoms with Gasteiger partial charge in [-0.3, -0.25) is 4.98 Å². The van der Waals surface area contributed by atoms with Gasteiger partial charge in [-0.15, -0.1) is 0 Å². The Labute approximate surface area is 121 Å². The number of hydrogen-bond donors (Lipinski definition) is 1. The van der Waals surface area contributed by atoms with Crippen LogP contribution in [-0.4, -0.2) is 17.2 Å². The third-order valence-electron chi connectivity index (χ3n) is 2.78. The molecule has 0 aliphatic heterocycles. The van der Waals surface area contributed by atoms with E-state index in [9.17, 15) is 5.11 Å². The van der Waals surface area contributed by atoms with Gasteiger partial charge >= 0.3 is 0 Å². The normalized spacial score (nSPS) is 12.3. The fourth-order valence-corrected chi connectivity index (χ4v) is 2.32. The van der Waals surface area contributed by atoms with Crippen LogP contribution >= 0.6 is 23.2 Å². The Hall–Kier alpha value is -1.29. The molecule has 0 saturated carbocycles. The van der Waals surface area contributed by atoms with Crippen molar-refractivity contribution in [3.05, 3.63) is 57.3 Å². The number of hydrogen-bond acceptors (Lipinski definition) is 3. The predicted molar refractivity (Wildman–Crippen MR) is 76.0 cm³/mol. The van der Waals surface area contributed by atoms with Crippen molar-refractivity contribution in [3.63, 3.8) is 0 Å². The minimum atomic E-state index is -0.959. The molecule has 1 unspecified atom stereocenters. The van der Waals surface area contributed by atoms with Crippen molar-refractivity contribution in [2.45, 2.75) is 13.0 Å². The van der Waals surface area contributed by atoms with Gasteiger partial charge < -0.3 is 9.84 Å². The van der Waals surface area contributed by atoms with Gasteiger partial charge in [-0.25, -0.2) is 0 Å². The molecular weight excluding hydrogens is 285 g/mol. The van der Waals surface area contributed by atoms with Crippen LogP contribution in [0.4, 0.5) is 0 Å². The molecule has 1 aromatic carbocycles. The Morgan fingerprint density at radius 1 is 1.26 bits per heavy atom. The molecule has 0 amide bonds. The summed E-state index contributed by atoms with van der Waals surface area (Å²) in [6.45, 7) is 1.94. The molecule has 0 aliphatic carbocycles. The number of halogens is 2. The molecule has 1 heterocycles. The van der Waals surface area contributed by atoms with Crippen LogP contribution < -0.4 is 4.74 Å². The summed E-state index contributed by atoms with van der Waals surface area (Å²) in [6, 6.07) is 7.11. The number of aliphatic hydroxyl groups excluding tert-OH is 1. The maximum atomic E-state index is 10.4. The van der Waals surface area contributed by atoms with Crippen LogP contribution in [0.25, 0.3) is 0 Å². The molecule has 1 aromatic heterocycles. The highest BCUT2D eigenvalue weighted by Gasteiger charge is 2.19. The quantitative estimate of drug-likeness (QED) is 0.937. The lowest BCUT2D eigenvalue weighted by Gasteiger charge is -2.16. The molecular formula is C14H13Cl2NO2. The number of aliphatic hydroxyl groups is 1. The maximum absolute atomic E-state index is 10.4. The lowest BCUT2D eigenvalue weighted by Crippen LogP contribution is -2.05. The van der Waals surface area contributed by atoms with Gasteiger partial charge in [0.2, 0.25) is 0 Å². The van der Waals surface area contributed by atoms with Crippen molar-refractivity contribution < 1.29 is 9.84 Å². The minimum Gasteiger partial charge on any atom is -0.496 e. The fraction of sp³-hybridized carbons (Fsp3) is 0.214. The Kier molecular flexibility index (Phi) is 4.30. The molecule has 2 rings (SSSR count). The van der Waals surface area contributed by atoms with Crippen molar-refractivity contribution in [2.24, 2.45) is 0 Å². The fourth-order valence-electron chi connectivity index (χ4n) is 1.84. The largest absolute Gasteiger partial charge is 0.496 e. The zero-order valence-corrected chi connectivity index (χ0v) is 12.0. The predicted octanol–water partition coefficient (Wildman–Crippen LogP) is 3.79. The molecule has 1 atom stereocenters. The summed E-state index contributed by atoms with van der Waals surface area (Å²) in [5.74, 6) is 0.589. The van der Waals surface area contributed by atoms with Crippen molar-refractivity contribution in [3.8, 4) is 5.75 Å². The van der Waals surface area contributed by atoms with Crippen molar-refractivity contribution in [2.75, 3.05) is 7.11 Å². The van der Waals surface area contributed by atoms with Gasteiger partial charge in [0, 0.05) is 11.8 Å². The van der Waals surface area contributed by atoms with Crippen LogP contribution in [0.15, 0.2) is 30.5 Å². The van der Waals surface area contributed by atoms with E-state index in [2.05, 4.69) is 4.98 Å². The molecule has 0 bridgehead atoms. The third-order valence-corrected chi connectivity index (χ3v) is 3.28. The lowest BCUT2D eigenvalue weighted by atomic mass is 10.0. The average molecular weight is 298 g/mol. The first-order valence-corrected chi connectivity index (χ1v) is 6.42. The standard InChI is InChI=1S/C14H13Cl2NO2/c1-8-3-4-12(19-2)10(5-8)14(18)13-11(16)6-9(15)7-17-13/h3-7,14,18H,1-2H3.